The summed E-state index contributed by atoms with van der Waals surface area (Å²) in [6, 6.07) is 5.30. The van der Waals surface area contributed by atoms with Crippen LogP contribution in [0.1, 0.15) is 39.2 Å². The zero-order valence-electron chi connectivity index (χ0n) is 16.7. The molecule has 28 heavy (non-hydrogen) atoms. The summed E-state index contributed by atoms with van der Waals surface area (Å²) < 4.78 is 5.27. The van der Waals surface area contributed by atoms with Crippen molar-refractivity contribution in [3.63, 3.8) is 0 Å². The maximum absolute atomic E-state index is 11.8. The number of rotatable bonds is 4. The van der Waals surface area contributed by atoms with Crippen LogP contribution in [0.25, 0.3) is 10.9 Å². The Bertz CT molecular complexity index is 901. The van der Waals surface area contributed by atoms with Gasteiger partial charge in [0.15, 0.2) is 0 Å². The number of methoxy groups -OCH3 is 1. The molecule has 152 valence electrons. The summed E-state index contributed by atoms with van der Waals surface area (Å²) in [5.74, 6) is 0.706. The van der Waals surface area contributed by atoms with Crippen molar-refractivity contribution in [2.75, 3.05) is 20.2 Å². The number of likely N-dealkylation sites (tertiary alicyclic amines) is 1. The molecule has 1 aromatic carbocycles. The van der Waals surface area contributed by atoms with Crippen molar-refractivity contribution in [1.29, 1.82) is 0 Å². The van der Waals surface area contributed by atoms with Gasteiger partial charge >= 0.3 is 6.09 Å². The Kier molecular flexibility index (Phi) is 4.99. The highest BCUT2D eigenvalue weighted by molar-refractivity contribution is 5.85. The predicted molar refractivity (Wildman–Crippen MR) is 106 cm³/mol. The number of amides is 1. The van der Waals surface area contributed by atoms with E-state index in [4.69, 9.17) is 4.74 Å². The SMILES string of the molecule is COc1ccc2c(C3(C[N+](=O)[O-])CCN(C(=O)O)C(C(C)(C)C)C3)c[nH]c2c1. The number of hydrogen-bond donors (Lipinski definition) is 2. The van der Waals surface area contributed by atoms with Crippen molar-refractivity contribution in [2.45, 2.75) is 45.1 Å². The van der Waals surface area contributed by atoms with E-state index in [1.54, 1.807) is 7.11 Å². The van der Waals surface area contributed by atoms with E-state index in [1.165, 1.54) is 4.90 Å². The van der Waals surface area contributed by atoms with Gasteiger partial charge in [0.2, 0.25) is 6.54 Å². The highest BCUT2D eigenvalue weighted by atomic mass is 16.6. The maximum Gasteiger partial charge on any atom is 0.407 e. The summed E-state index contributed by atoms with van der Waals surface area (Å²) in [6.07, 6.45) is 1.68. The number of piperidine rings is 1. The number of aromatic amines is 1. The van der Waals surface area contributed by atoms with Gasteiger partial charge in [-0.3, -0.25) is 10.1 Å². The topological polar surface area (TPSA) is 109 Å². The molecule has 2 aromatic rings. The summed E-state index contributed by atoms with van der Waals surface area (Å²) in [5, 5.41) is 22.2. The number of carboxylic acid groups (broad SMARTS) is 1. The van der Waals surface area contributed by atoms with Crippen molar-refractivity contribution in [3.05, 3.63) is 40.1 Å². The summed E-state index contributed by atoms with van der Waals surface area (Å²) in [5.41, 5.74) is 0.655. The highest BCUT2D eigenvalue weighted by Gasteiger charge is 2.50. The van der Waals surface area contributed by atoms with Gasteiger partial charge in [0.1, 0.15) is 5.75 Å². The number of nitrogens with zero attached hydrogens (tertiary/aromatic N) is 2. The first-order chi connectivity index (χ1) is 13.1. The standard InChI is InChI=1S/C20H27N3O5/c1-19(2,3)17-10-20(12-23(26)27,7-8-22(17)18(24)25)15-11-21-16-9-13(28-4)5-6-14(15)16/h5-6,9,11,17,21H,7-8,10,12H2,1-4H3,(H,24,25). The average molecular weight is 389 g/mol. The fraction of sp³-hybridized carbons (Fsp3) is 0.550. The molecule has 0 aliphatic carbocycles. The molecule has 2 unspecified atom stereocenters. The largest absolute Gasteiger partial charge is 0.497 e. The van der Waals surface area contributed by atoms with Gasteiger partial charge in [-0.15, -0.1) is 0 Å². The first-order valence-corrected chi connectivity index (χ1v) is 9.34. The second-order valence-electron chi connectivity index (χ2n) is 8.70. The van der Waals surface area contributed by atoms with Crippen molar-refractivity contribution < 1.29 is 19.6 Å². The van der Waals surface area contributed by atoms with Crippen molar-refractivity contribution in [3.8, 4) is 5.75 Å². The van der Waals surface area contributed by atoms with E-state index in [9.17, 15) is 20.0 Å². The van der Waals surface area contributed by atoms with E-state index in [1.807, 2.05) is 45.2 Å². The van der Waals surface area contributed by atoms with E-state index >= 15 is 0 Å². The van der Waals surface area contributed by atoms with Crippen LogP contribution < -0.4 is 4.74 Å². The van der Waals surface area contributed by atoms with Crippen LogP contribution in [-0.4, -0.2) is 52.2 Å². The van der Waals surface area contributed by atoms with Crippen LogP contribution in [0.4, 0.5) is 4.79 Å². The number of nitro groups is 1. The van der Waals surface area contributed by atoms with Gasteiger partial charge in [-0.05, 0) is 36.0 Å². The Morgan fingerprint density at radius 1 is 1.46 bits per heavy atom. The van der Waals surface area contributed by atoms with Crippen LogP contribution in [0.15, 0.2) is 24.4 Å². The number of carbonyl (C=O) groups is 1. The summed E-state index contributed by atoms with van der Waals surface area (Å²) in [6.45, 7) is 5.99. The molecule has 0 radical (unpaired) electrons. The molecule has 1 aromatic heterocycles. The van der Waals surface area contributed by atoms with Gasteiger partial charge in [-0.25, -0.2) is 4.79 Å². The van der Waals surface area contributed by atoms with E-state index in [0.717, 1.165) is 16.5 Å². The minimum atomic E-state index is -0.974. The van der Waals surface area contributed by atoms with Crippen LogP contribution >= 0.6 is 0 Å². The second-order valence-corrected chi connectivity index (χ2v) is 8.70. The van der Waals surface area contributed by atoms with Crippen LogP contribution in [-0.2, 0) is 5.41 Å². The van der Waals surface area contributed by atoms with E-state index < -0.39 is 11.5 Å². The number of fused-ring (bicyclic) bond motifs is 1. The fourth-order valence-corrected chi connectivity index (χ4v) is 4.47. The van der Waals surface area contributed by atoms with Crippen LogP contribution in [0.2, 0.25) is 0 Å². The number of benzene rings is 1. The Labute approximate surface area is 163 Å². The van der Waals surface area contributed by atoms with E-state index in [2.05, 4.69) is 4.98 Å². The van der Waals surface area contributed by atoms with E-state index in [-0.39, 0.29) is 29.5 Å². The Hall–Kier alpha value is -2.77. The molecule has 2 heterocycles. The summed E-state index contributed by atoms with van der Waals surface area (Å²) in [4.78, 5) is 27.8. The summed E-state index contributed by atoms with van der Waals surface area (Å²) in [7, 11) is 1.59. The second kappa shape index (κ2) is 7.00. The monoisotopic (exact) mass is 389 g/mol. The summed E-state index contributed by atoms with van der Waals surface area (Å²) >= 11 is 0. The molecule has 1 saturated heterocycles. The molecule has 3 rings (SSSR count). The van der Waals surface area contributed by atoms with Gasteiger partial charge < -0.3 is 19.7 Å². The molecule has 1 fully saturated rings. The van der Waals surface area contributed by atoms with Gasteiger partial charge in [-0.2, -0.15) is 0 Å². The number of hydrogen-bond acceptors (Lipinski definition) is 4. The quantitative estimate of drug-likeness (QED) is 0.609. The maximum atomic E-state index is 11.8. The normalized spacial score (nSPS) is 23.0. The lowest BCUT2D eigenvalue weighted by atomic mass is 9.65. The van der Waals surface area contributed by atoms with Crippen molar-refractivity contribution in [1.82, 2.24) is 9.88 Å². The fourth-order valence-electron chi connectivity index (χ4n) is 4.47. The molecule has 2 N–H and O–H groups in total. The van der Waals surface area contributed by atoms with Gasteiger partial charge in [-0.1, -0.05) is 20.8 Å². The number of H-pyrrole nitrogens is 1. The van der Waals surface area contributed by atoms with Crippen LogP contribution in [0.5, 0.6) is 5.75 Å². The van der Waals surface area contributed by atoms with Gasteiger partial charge in [0.25, 0.3) is 0 Å². The molecule has 8 nitrogen and oxygen atoms in total. The molecule has 2 atom stereocenters. The third-order valence-electron chi connectivity index (χ3n) is 5.93. The third-order valence-corrected chi connectivity index (χ3v) is 5.93. The van der Waals surface area contributed by atoms with Gasteiger partial charge in [0.05, 0.1) is 12.5 Å². The zero-order chi connectivity index (χ0) is 20.7. The molecule has 8 heteroatoms. The molecule has 1 amide bonds. The molecule has 0 saturated carbocycles. The molecular weight excluding hydrogens is 362 g/mol. The molecule has 1 aliphatic heterocycles. The van der Waals surface area contributed by atoms with Gasteiger partial charge in [0, 0.05) is 40.7 Å². The number of aromatic nitrogens is 1. The molecule has 0 bridgehead atoms. The van der Waals surface area contributed by atoms with E-state index in [0.29, 0.717) is 18.6 Å². The van der Waals surface area contributed by atoms with Crippen molar-refractivity contribution >= 4 is 17.0 Å². The first kappa shape index (κ1) is 20.0. The molecule has 0 spiro atoms. The minimum Gasteiger partial charge on any atom is -0.497 e. The Balaban J connectivity index is 2.12. The number of nitrogens with one attached hydrogen (secondary N) is 1. The minimum absolute atomic E-state index is 0.230. The number of ether oxygens (including phenoxy) is 1. The van der Waals surface area contributed by atoms with Crippen LogP contribution in [0.3, 0.4) is 0 Å². The third kappa shape index (κ3) is 3.50. The predicted octanol–water partition coefficient (Wildman–Crippen LogP) is 3.88. The zero-order valence-corrected chi connectivity index (χ0v) is 16.7. The van der Waals surface area contributed by atoms with Crippen LogP contribution in [0, 0.1) is 15.5 Å². The Morgan fingerprint density at radius 2 is 2.18 bits per heavy atom. The lowest BCUT2D eigenvalue weighted by molar-refractivity contribution is -0.492. The Morgan fingerprint density at radius 3 is 2.75 bits per heavy atom. The average Bonchev–Trinajstić information content (AvgIpc) is 3.03. The lowest BCUT2D eigenvalue weighted by Crippen LogP contribution is -2.57. The molecular formula is C20H27N3O5. The van der Waals surface area contributed by atoms with Crippen molar-refractivity contribution in [2.24, 2.45) is 5.41 Å². The highest BCUT2D eigenvalue weighted by Crippen LogP contribution is 2.46. The molecule has 1 aliphatic rings. The smallest absolute Gasteiger partial charge is 0.407 e. The first-order valence-electron chi connectivity index (χ1n) is 9.34. The lowest BCUT2D eigenvalue weighted by Gasteiger charge is -2.48.